The molecule has 0 aliphatic heterocycles. The van der Waals surface area contributed by atoms with Crippen LogP contribution >= 0.6 is 0 Å². The van der Waals surface area contributed by atoms with Crippen LogP contribution in [0.5, 0.6) is 0 Å². The first-order valence-electron chi connectivity index (χ1n) is 6.23. The molecule has 0 aromatic heterocycles. The topological polar surface area (TPSA) is 20.3 Å². The fourth-order valence-corrected chi connectivity index (χ4v) is 1.89. The van der Waals surface area contributed by atoms with Crippen molar-refractivity contribution in [2.45, 2.75) is 13.5 Å². The van der Waals surface area contributed by atoms with E-state index in [1.807, 2.05) is 19.1 Å². The lowest BCUT2D eigenvalue weighted by atomic mass is 10.1. The predicted octanol–water partition coefficient (Wildman–Crippen LogP) is 3.55. The van der Waals surface area contributed by atoms with Crippen LogP contribution in [0.1, 0.15) is 21.5 Å². The van der Waals surface area contributed by atoms with Crippen LogP contribution in [0.25, 0.3) is 0 Å². The molecule has 0 heterocycles. The summed E-state index contributed by atoms with van der Waals surface area (Å²) >= 11 is 0. The lowest BCUT2D eigenvalue weighted by Crippen LogP contribution is -2.26. The molecule has 2 aromatic rings. The van der Waals surface area contributed by atoms with Crippen molar-refractivity contribution >= 4 is 5.91 Å². The summed E-state index contributed by atoms with van der Waals surface area (Å²) in [5.41, 5.74) is 1.89. The standard InChI is InChI=1S/C16H15F2NO/c1-11-3-5-12(6-4-11)16(20)19(2)10-13-7-8-14(17)9-15(13)18/h3-9H,10H2,1-2H3. The fraction of sp³-hybridized carbons (Fsp3) is 0.188. The molecule has 0 spiro atoms. The Hall–Kier alpha value is -2.23. The van der Waals surface area contributed by atoms with Crippen LogP contribution < -0.4 is 0 Å². The van der Waals surface area contributed by atoms with E-state index in [0.717, 1.165) is 11.6 Å². The summed E-state index contributed by atoms with van der Waals surface area (Å²) in [6, 6.07) is 10.5. The van der Waals surface area contributed by atoms with E-state index < -0.39 is 11.6 Å². The molecular weight excluding hydrogens is 260 g/mol. The van der Waals surface area contributed by atoms with E-state index in [-0.39, 0.29) is 18.0 Å². The minimum atomic E-state index is -0.645. The molecule has 0 radical (unpaired) electrons. The van der Waals surface area contributed by atoms with Gasteiger partial charge in [-0.3, -0.25) is 4.79 Å². The van der Waals surface area contributed by atoms with Crippen LogP contribution in [-0.4, -0.2) is 17.9 Å². The third kappa shape index (κ3) is 3.20. The number of hydrogen-bond donors (Lipinski definition) is 0. The lowest BCUT2D eigenvalue weighted by molar-refractivity contribution is 0.0784. The van der Waals surface area contributed by atoms with Gasteiger partial charge in [-0.1, -0.05) is 23.8 Å². The highest BCUT2D eigenvalue weighted by Gasteiger charge is 2.14. The minimum Gasteiger partial charge on any atom is -0.337 e. The van der Waals surface area contributed by atoms with Gasteiger partial charge >= 0.3 is 0 Å². The summed E-state index contributed by atoms with van der Waals surface area (Å²) in [4.78, 5) is 13.6. The number of benzene rings is 2. The zero-order valence-electron chi connectivity index (χ0n) is 11.4. The van der Waals surface area contributed by atoms with Crippen molar-refractivity contribution in [1.29, 1.82) is 0 Å². The number of hydrogen-bond acceptors (Lipinski definition) is 1. The van der Waals surface area contributed by atoms with Gasteiger partial charge < -0.3 is 4.90 Å². The summed E-state index contributed by atoms with van der Waals surface area (Å²) in [5.74, 6) is -1.47. The molecule has 0 saturated carbocycles. The van der Waals surface area contributed by atoms with Crippen molar-refractivity contribution < 1.29 is 13.6 Å². The highest BCUT2D eigenvalue weighted by molar-refractivity contribution is 5.94. The van der Waals surface area contributed by atoms with Crippen LogP contribution in [0, 0.1) is 18.6 Å². The van der Waals surface area contributed by atoms with Crippen molar-refractivity contribution in [1.82, 2.24) is 4.90 Å². The number of carbonyl (C=O) groups is 1. The van der Waals surface area contributed by atoms with E-state index >= 15 is 0 Å². The van der Waals surface area contributed by atoms with Crippen LogP contribution in [0.4, 0.5) is 8.78 Å². The van der Waals surface area contributed by atoms with Crippen LogP contribution in [0.2, 0.25) is 0 Å². The Bertz CT molecular complexity index is 623. The van der Waals surface area contributed by atoms with Crippen LogP contribution in [-0.2, 0) is 6.54 Å². The third-order valence-electron chi connectivity index (χ3n) is 3.07. The molecule has 0 unspecified atom stereocenters. The number of aryl methyl sites for hydroxylation is 1. The molecule has 0 saturated heterocycles. The molecule has 0 bridgehead atoms. The highest BCUT2D eigenvalue weighted by atomic mass is 19.1. The van der Waals surface area contributed by atoms with Gasteiger partial charge in [0.2, 0.25) is 0 Å². The van der Waals surface area contributed by atoms with Gasteiger partial charge in [0.25, 0.3) is 5.91 Å². The number of amides is 1. The van der Waals surface area contributed by atoms with Gasteiger partial charge in [0.1, 0.15) is 11.6 Å². The smallest absolute Gasteiger partial charge is 0.253 e. The Kier molecular flexibility index (Phi) is 4.13. The van der Waals surface area contributed by atoms with E-state index in [1.54, 1.807) is 19.2 Å². The Morgan fingerprint density at radius 1 is 1.10 bits per heavy atom. The summed E-state index contributed by atoms with van der Waals surface area (Å²) in [6.45, 7) is 2.03. The van der Waals surface area contributed by atoms with Gasteiger partial charge in [-0.25, -0.2) is 8.78 Å². The third-order valence-corrected chi connectivity index (χ3v) is 3.07. The predicted molar refractivity (Wildman–Crippen MR) is 73.3 cm³/mol. The van der Waals surface area contributed by atoms with Crippen LogP contribution in [0.3, 0.4) is 0 Å². The van der Waals surface area contributed by atoms with Gasteiger partial charge in [-0.2, -0.15) is 0 Å². The van der Waals surface area contributed by atoms with Gasteiger partial charge in [-0.15, -0.1) is 0 Å². The molecule has 0 aliphatic carbocycles. The van der Waals surface area contributed by atoms with Gasteiger partial charge in [-0.05, 0) is 25.1 Å². The minimum absolute atomic E-state index is 0.0961. The van der Waals surface area contributed by atoms with Gasteiger partial charge in [0, 0.05) is 30.8 Å². The Labute approximate surface area is 116 Å². The molecule has 4 heteroatoms. The zero-order valence-corrected chi connectivity index (χ0v) is 11.4. The van der Waals surface area contributed by atoms with Gasteiger partial charge in [0.15, 0.2) is 0 Å². The second-order valence-electron chi connectivity index (χ2n) is 4.76. The molecule has 104 valence electrons. The molecule has 20 heavy (non-hydrogen) atoms. The van der Waals surface area contributed by atoms with E-state index in [1.165, 1.54) is 17.0 Å². The summed E-state index contributed by atoms with van der Waals surface area (Å²) < 4.78 is 26.4. The Balaban J connectivity index is 2.13. The molecule has 0 aliphatic rings. The van der Waals surface area contributed by atoms with E-state index in [0.29, 0.717) is 5.56 Å². The zero-order chi connectivity index (χ0) is 14.7. The average Bonchev–Trinajstić information content (AvgIpc) is 2.42. The molecular formula is C16H15F2NO. The molecule has 0 atom stereocenters. The molecule has 0 fully saturated rings. The average molecular weight is 275 g/mol. The van der Waals surface area contributed by atoms with Crippen molar-refractivity contribution in [3.8, 4) is 0 Å². The molecule has 2 rings (SSSR count). The van der Waals surface area contributed by atoms with E-state index in [2.05, 4.69) is 0 Å². The maximum atomic E-state index is 13.6. The highest BCUT2D eigenvalue weighted by Crippen LogP contribution is 2.13. The van der Waals surface area contributed by atoms with Crippen molar-refractivity contribution in [2.75, 3.05) is 7.05 Å². The van der Waals surface area contributed by atoms with Crippen LogP contribution in [0.15, 0.2) is 42.5 Å². The monoisotopic (exact) mass is 275 g/mol. The van der Waals surface area contributed by atoms with Gasteiger partial charge in [0.05, 0.1) is 0 Å². The van der Waals surface area contributed by atoms with E-state index in [9.17, 15) is 13.6 Å². The largest absolute Gasteiger partial charge is 0.337 e. The normalized spacial score (nSPS) is 10.4. The maximum Gasteiger partial charge on any atom is 0.253 e. The number of nitrogens with zero attached hydrogens (tertiary/aromatic N) is 1. The number of carbonyl (C=O) groups excluding carboxylic acids is 1. The second-order valence-corrected chi connectivity index (χ2v) is 4.76. The SMILES string of the molecule is Cc1ccc(C(=O)N(C)Cc2ccc(F)cc2F)cc1. The quantitative estimate of drug-likeness (QED) is 0.839. The molecule has 2 nitrogen and oxygen atoms in total. The van der Waals surface area contributed by atoms with Crippen molar-refractivity contribution in [3.05, 3.63) is 70.8 Å². The van der Waals surface area contributed by atoms with E-state index in [4.69, 9.17) is 0 Å². The lowest BCUT2D eigenvalue weighted by Gasteiger charge is -2.18. The first kappa shape index (κ1) is 14.2. The molecule has 2 aromatic carbocycles. The Morgan fingerprint density at radius 2 is 1.75 bits per heavy atom. The maximum absolute atomic E-state index is 13.6. The number of rotatable bonds is 3. The summed E-state index contributed by atoms with van der Waals surface area (Å²) in [7, 11) is 1.59. The summed E-state index contributed by atoms with van der Waals surface area (Å²) in [5, 5.41) is 0. The fourth-order valence-electron chi connectivity index (χ4n) is 1.89. The van der Waals surface area contributed by atoms with Crippen molar-refractivity contribution in [3.63, 3.8) is 0 Å². The molecule has 1 amide bonds. The second kappa shape index (κ2) is 5.82. The molecule has 0 N–H and O–H groups in total. The Morgan fingerprint density at radius 3 is 2.35 bits per heavy atom. The first-order valence-corrected chi connectivity index (χ1v) is 6.23. The first-order chi connectivity index (χ1) is 9.47. The summed E-state index contributed by atoms with van der Waals surface area (Å²) in [6.07, 6.45) is 0. The number of halogens is 2. The van der Waals surface area contributed by atoms with Crippen molar-refractivity contribution in [2.24, 2.45) is 0 Å².